The highest BCUT2D eigenvalue weighted by Crippen LogP contribution is 2.21. The summed E-state index contributed by atoms with van der Waals surface area (Å²) >= 11 is 0. The summed E-state index contributed by atoms with van der Waals surface area (Å²) in [6.45, 7) is 5.65. The summed E-state index contributed by atoms with van der Waals surface area (Å²) in [6, 6.07) is 7.72. The highest BCUT2D eigenvalue weighted by Gasteiger charge is 2.28. The van der Waals surface area contributed by atoms with E-state index < -0.39 is 0 Å². The smallest absolute Gasteiger partial charge is 0.236 e. The molecule has 1 aromatic carbocycles. The van der Waals surface area contributed by atoms with E-state index in [0.29, 0.717) is 6.54 Å². The Hall–Kier alpha value is -2.18. The fraction of sp³-hybridized carbons (Fsp3) is 0.474. The van der Waals surface area contributed by atoms with E-state index in [1.807, 2.05) is 37.4 Å². The van der Waals surface area contributed by atoms with Crippen LogP contribution in [-0.2, 0) is 4.79 Å². The highest BCUT2D eigenvalue weighted by molar-refractivity contribution is 6.10. The number of benzene rings is 1. The summed E-state index contributed by atoms with van der Waals surface area (Å²) in [5.74, 6) is 0.270. The van der Waals surface area contributed by atoms with E-state index in [9.17, 15) is 9.59 Å². The van der Waals surface area contributed by atoms with Gasteiger partial charge >= 0.3 is 0 Å². The molecule has 1 aliphatic rings. The maximum atomic E-state index is 12.9. The van der Waals surface area contributed by atoms with E-state index in [4.69, 9.17) is 0 Å². The molecule has 1 aromatic heterocycles. The van der Waals surface area contributed by atoms with Crippen molar-refractivity contribution in [3.05, 3.63) is 36.0 Å². The number of ketones is 1. The number of rotatable bonds is 5. The molecule has 0 radical (unpaired) electrons. The van der Waals surface area contributed by atoms with Crippen LogP contribution in [0.15, 0.2) is 30.5 Å². The van der Waals surface area contributed by atoms with Gasteiger partial charge in [-0.2, -0.15) is 0 Å². The third-order valence-electron chi connectivity index (χ3n) is 5.05. The van der Waals surface area contributed by atoms with Gasteiger partial charge in [0.05, 0.1) is 12.6 Å². The zero-order valence-corrected chi connectivity index (χ0v) is 15.2. The first-order valence-electron chi connectivity index (χ1n) is 8.74. The first-order valence-corrected chi connectivity index (χ1v) is 8.74. The van der Waals surface area contributed by atoms with Crippen molar-refractivity contribution >= 4 is 22.6 Å². The molecule has 6 nitrogen and oxygen atoms in total. The van der Waals surface area contributed by atoms with E-state index in [1.54, 1.807) is 19.0 Å². The van der Waals surface area contributed by atoms with Gasteiger partial charge in [-0.1, -0.05) is 18.2 Å². The number of carbonyl (C=O) groups excluding carboxylic acids is 2. The lowest BCUT2D eigenvalue weighted by Crippen LogP contribution is -2.53. The molecule has 0 aliphatic carbocycles. The third-order valence-corrected chi connectivity index (χ3v) is 5.05. The normalized spacial score (nSPS) is 17.6. The van der Waals surface area contributed by atoms with Gasteiger partial charge in [0.1, 0.15) is 0 Å². The Bertz CT molecular complexity index is 760. The summed E-state index contributed by atoms with van der Waals surface area (Å²) in [7, 11) is 3.56. The largest absolute Gasteiger partial charge is 0.360 e. The summed E-state index contributed by atoms with van der Waals surface area (Å²) in [5.41, 5.74) is 1.75. The van der Waals surface area contributed by atoms with Crippen molar-refractivity contribution in [3.8, 4) is 0 Å². The number of piperazine rings is 1. The number of Topliss-reactive ketones (excluding diaryl/α,β-unsaturated/α-hetero) is 1. The monoisotopic (exact) mass is 342 g/mol. The minimum absolute atomic E-state index is 0.122. The van der Waals surface area contributed by atoms with E-state index in [1.165, 1.54) is 0 Å². The number of carbonyl (C=O) groups is 2. The molecule has 1 saturated heterocycles. The predicted octanol–water partition coefficient (Wildman–Crippen LogP) is 1.44. The number of aromatic nitrogens is 1. The van der Waals surface area contributed by atoms with Gasteiger partial charge in [-0.05, 0) is 13.0 Å². The number of nitrogens with one attached hydrogen (secondary N) is 1. The fourth-order valence-electron chi connectivity index (χ4n) is 3.31. The Morgan fingerprint density at radius 1 is 1.16 bits per heavy atom. The number of hydrogen-bond acceptors (Lipinski definition) is 4. The Kier molecular flexibility index (Phi) is 5.20. The van der Waals surface area contributed by atoms with Crippen LogP contribution in [0.1, 0.15) is 17.3 Å². The zero-order chi connectivity index (χ0) is 18.0. The standard InChI is InChI=1S/C19H26N4O2/c1-14(19(25)16-12-20-17-7-5-4-6-15(16)17)23-10-8-22(9-11-23)13-18(24)21(2)3/h4-7,12,14,20H,8-11,13H2,1-3H3/t14-/m0/s1. The predicted molar refractivity (Wildman–Crippen MR) is 98.8 cm³/mol. The molecule has 6 heteroatoms. The number of amides is 1. The van der Waals surface area contributed by atoms with Crippen LogP contribution in [0.5, 0.6) is 0 Å². The molecule has 134 valence electrons. The van der Waals surface area contributed by atoms with Gasteiger partial charge in [0.15, 0.2) is 5.78 Å². The van der Waals surface area contributed by atoms with Gasteiger partial charge in [0.2, 0.25) is 5.91 Å². The van der Waals surface area contributed by atoms with Crippen molar-refractivity contribution < 1.29 is 9.59 Å². The average molecular weight is 342 g/mol. The second-order valence-corrected chi connectivity index (χ2v) is 6.89. The number of hydrogen-bond donors (Lipinski definition) is 1. The maximum absolute atomic E-state index is 12.9. The highest BCUT2D eigenvalue weighted by atomic mass is 16.2. The molecule has 2 heterocycles. The first-order chi connectivity index (χ1) is 12.0. The van der Waals surface area contributed by atoms with Gasteiger partial charge in [-0.15, -0.1) is 0 Å². The van der Waals surface area contributed by atoms with Crippen LogP contribution in [0.4, 0.5) is 0 Å². The number of nitrogens with zero attached hydrogens (tertiary/aromatic N) is 3. The Morgan fingerprint density at radius 3 is 2.52 bits per heavy atom. The molecular formula is C19H26N4O2. The van der Waals surface area contributed by atoms with Crippen LogP contribution in [-0.4, -0.2) is 84.2 Å². The molecule has 2 aromatic rings. The Labute approximate surface area is 148 Å². The van der Waals surface area contributed by atoms with Gasteiger partial charge in [0, 0.05) is 62.9 Å². The van der Waals surface area contributed by atoms with Crippen LogP contribution >= 0.6 is 0 Å². The topological polar surface area (TPSA) is 59.7 Å². The van der Waals surface area contributed by atoms with E-state index >= 15 is 0 Å². The van der Waals surface area contributed by atoms with Crippen LogP contribution < -0.4 is 0 Å². The molecule has 0 unspecified atom stereocenters. The van der Waals surface area contributed by atoms with E-state index in [-0.39, 0.29) is 17.7 Å². The summed E-state index contributed by atoms with van der Waals surface area (Å²) in [6.07, 6.45) is 1.81. The maximum Gasteiger partial charge on any atom is 0.236 e. The summed E-state index contributed by atoms with van der Waals surface area (Å²) in [4.78, 5) is 33.9. The molecule has 0 bridgehead atoms. The van der Waals surface area contributed by atoms with Crippen molar-refractivity contribution in [1.29, 1.82) is 0 Å². The minimum atomic E-state index is -0.161. The molecule has 1 fully saturated rings. The molecule has 1 aliphatic heterocycles. The summed E-state index contributed by atoms with van der Waals surface area (Å²) < 4.78 is 0. The first kappa shape index (κ1) is 17.6. The van der Waals surface area contributed by atoms with Crippen molar-refractivity contribution in [2.24, 2.45) is 0 Å². The van der Waals surface area contributed by atoms with Crippen molar-refractivity contribution in [3.63, 3.8) is 0 Å². The Morgan fingerprint density at radius 2 is 1.84 bits per heavy atom. The van der Waals surface area contributed by atoms with E-state index in [0.717, 1.165) is 42.6 Å². The molecule has 1 amide bonds. The van der Waals surface area contributed by atoms with Crippen LogP contribution in [0.25, 0.3) is 10.9 Å². The molecule has 0 saturated carbocycles. The van der Waals surface area contributed by atoms with Gasteiger partial charge in [0.25, 0.3) is 0 Å². The van der Waals surface area contributed by atoms with Gasteiger partial charge in [-0.25, -0.2) is 0 Å². The second-order valence-electron chi connectivity index (χ2n) is 6.89. The molecule has 3 rings (SSSR count). The van der Waals surface area contributed by atoms with Crippen molar-refractivity contribution in [2.75, 3.05) is 46.8 Å². The molecule has 25 heavy (non-hydrogen) atoms. The molecular weight excluding hydrogens is 316 g/mol. The van der Waals surface area contributed by atoms with Crippen LogP contribution in [0.3, 0.4) is 0 Å². The number of para-hydroxylation sites is 1. The SMILES string of the molecule is C[C@@H](C(=O)c1c[nH]c2ccccc12)N1CCN(CC(=O)N(C)C)CC1. The van der Waals surface area contributed by atoms with Crippen LogP contribution in [0.2, 0.25) is 0 Å². The minimum Gasteiger partial charge on any atom is -0.360 e. The lowest BCUT2D eigenvalue weighted by atomic mass is 10.0. The van der Waals surface area contributed by atoms with Crippen molar-refractivity contribution in [1.82, 2.24) is 19.7 Å². The molecule has 1 atom stereocenters. The number of H-pyrrole nitrogens is 1. The fourth-order valence-corrected chi connectivity index (χ4v) is 3.31. The number of aromatic amines is 1. The van der Waals surface area contributed by atoms with Crippen LogP contribution in [0, 0.1) is 0 Å². The molecule has 0 spiro atoms. The average Bonchev–Trinajstić information content (AvgIpc) is 3.05. The Balaban J connectivity index is 1.61. The van der Waals surface area contributed by atoms with Gasteiger partial charge in [-0.3, -0.25) is 19.4 Å². The van der Waals surface area contributed by atoms with Crippen molar-refractivity contribution in [2.45, 2.75) is 13.0 Å². The number of fused-ring (bicyclic) bond motifs is 1. The third kappa shape index (κ3) is 3.75. The lowest BCUT2D eigenvalue weighted by molar-refractivity contribution is -0.130. The zero-order valence-electron chi connectivity index (χ0n) is 15.2. The van der Waals surface area contributed by atoms with Gasteiger partial charge < -0.3 is 9.88 Å². The van der Waals surface area contributed by atoms with E-state index in [2.05, 4.69) is 14.8 Å². The lowest BCUT2D eigenvalue weighted by Gasteiger charge is -2.37. The number of likely N-dealkylation sites (N-methyl/N-ethyl adjacent to an activating group) is 1. The quantitative estimate of drug-likeness (QED) is 0.836. The summed E-state index contributed by atoms with van der Waals surface area (Å²) in [5, 5.41) is 0.981. The second kappa shape index (κ2) is 7.37. The molecule has 1 N–H and O–H groups in total.